The Hall–Kier alpha value is -1.41. The summed E-state index contributed by atoms with van der Waals surface area (Å²) in [5, 5.41) is -2.54. The van der Waals surface area contributed by atoms with E-state index in [1.807, 2.05) is 0 Å². The molecule has 2 rings (SSSR count). The van der Waals surface area contributed by atoms with Crippen LogP contribution in [0, 0.1) is 17.5 Å². The van der Waals surface area contributed by atoms with Crippen molar-refractivity contribution >= 4 is 78.1 Å². The highest BCUT2D eigenvalue weighted by Crippen LogP contribution is 2.45. The van der Waals surface area contributed by atoms with Crippen LogP contribution in [0.1, 0.15) is 10.4 Å². The molecule has 0 fully saturated rings. The summed E-state index contributed by atoms with van der Waals surface area (Å²) in [7, 11) is 1.58. The van der Waals surface area contributed by atoms with Crippen molar-refractivity contribution in [2.75, 3.05) is 19.0 Å². The smallest absolute Gasteiger partial charge is 0.427 e. The molecule has 0 N–H and O–H groups in total. The average molecular weight is 811 g/mol. The van der Waals surface area contributed by atoms with Gasteiger partial charge in [0.1, 0.15) is 22.2 Å². The number of amides is 3. The number of benzene rings is 2. The molecular weight excluding hydrogens is 800 g/mol. The lowest BCUT2D eigenvalue weighted by Crippen LogP contribution is -2.45. The Morgan fingerprint density at radius 3 is 1.95 bits per heavy atom. The summed E-state index contributed by atoms with van der Waals surface area (Å²) in [5.41, 5.74) is -2.04. The van der Waals surface area contributed by atoms with Crippen LogP contribution in [0.5, 0.6) is 5.75 Å². The van der Waals surface area contributed by atoms with Gasteiger partial charge in [-0.15, -0.1) is 0 Å². The molecule has 2 aromatic rings. The number of hydrogen-bond acceptors (Lipinski definition) is 3. The van der Waals surface area contributed by atoms with E-state index in [0.717, 1.165) is 32.3 Å². The Bertz CT molecular complexity index is 1150. The van der Waals surface area contributed by atoms with Crippen LogP contribution in [-0.4, -0.2) is 49.4 Å². The normalized spacial score (nSPS) is 12.3. The van der Waals surface area contributed by atoms with Crippen LogP contribution < -0.4 is 9.64 Å². The number of hydrogen-bond donors (Lipinski definition) is 0. The molecule has 0 saturated heterocycles. The van der Waals surface area contributed by atoms with E-state index < -0.39 is 74.9 Å². The zero-order valence-electron chi connectivity index (χ0n) is 17.9. The van der Waals surface area contributed by atoms with Gasteiger partial charge in [0.2, 0.25) is 0 Å². The topological polar surface area (TPSA) is 49.9 Å². The van der Waals surface area contributed by atoms with Gasteiger partial charge >= 0.3 is 18.3 Å². The van der Waals surface area contributed by atoms with E-state index in [4.69, 9.17) is 23.2 Å². The monoisotopic (exact) mass is 810 g/mol. The molecule has 0 heterocycles. The Morgan fingerprint density at radius 2 is 1.49 bits per heavy atom. The van der Waals surface area contributed by atoms with Crippen LogP contribution in [0.2, 0.25) is 10.0 Å². The van der Waals surface area contributed by atoms with Crippen molar-refractivity contribution in [1.82, 2.24) is 4.90 Å². The first-order valence-electron chi connectivity index (χ1n) is 9.00. The number of nitrogens with zero attached hydrogens (tertiary/aromatic N) is 2. The molecule has 0 saturated carbocycles. The second-order valence-corrected chi connectivity index (χ2v) is 7.49. The summed E-state index contributed by atoms with van der Waals surface area (Å²) in [6, 6.07) is 1.37. The summed E-state index contributed by atoms with van der Waals surface area (Å²) in [6.45, 7) is 0. The molecule has 206 valence electrons. The molecule has 2 aromatic carbocycles. The summed E-state index contributed by atoms with van der Waals surface area (Å²) in [4.78, 5) is 25.4. The van der Waals surface area contributed by atoms with Gasteiger partial charge in [-0.05, 0) is 18.2 Å². The van der Waals surface area contributed by atoms with Crippen molar-refractivity contribution in [3.8, 4) is 5.75 Å². The van der Waals surface area contributed by atoms with E-state index in [-0.39, 0.29) is 4.90 Å². The fraction of sp³-hybridized carbons (Fsp3) is 0.263. The van der Waals surface area contributed by atoms with Crippen molar-refractivity contribution < 1.29 is 53.8 Å². The maximum Gasteiger partial charge on any atom is 0.439 e. The molecule has 3 amide bonds. The maximum atomic E-state index is 14.7. The van der Waals surface area contributed by atoms with E-state index in [1.54, 1.807) is 0 Å². The Morgan fingerprint density at radius 1 is 1.00 bits per heavy atom. The number of urea groups is 1. The molecule has 37 heavy (non-hydrogen) atoms. The fourth-order valence-corrected chi connectivity index (χ4v) is 3.09. The largest absolute Gasteiger partial charge is 0.439 e. The number of rotatable bonds is 5. The SMILES string of the molecule is CN(C(=O)c1c(F)cccc1F)C(=O)N(C)c1cc(Cl)c(OC(F)(F)C(F)C(F)(F)F)c(Cl)c1F.II. The minimum atomic E-state index is -6.05. The molecule has 1 atom stereocenters. The Balaban J connectivity index is 0.00000334. The van der Waals surface area contributed by atoms with Gasteiger partial charge < -0.3 is 4.74 Å². The zero-order valence-corrected chi connectivity index (χ0v) is 23.7. The van der Waals surface area contributed by atoms with Gasteiger partial charge in [0, 0.05) is 51.3 Å². The van der Waals surface area contributed by atoms with Crippen LogP contribution in [0.25, 0.3) is 0 Å². The molecule has 0 aromatic heterocycles. The molecule has 0 radical (unpaired) electrons. The summed E-state index contributed by atoms with van der Waals surface area (Å²) < 4.78 is 123. The van der Waals surface area contributed by atoms with E-state index in [1.165, 1.54) is 0 Å². The number of ether oxygens (including phenoxy) is 1. The maximum absolute atomic E-state index is 14.7. The van der Waals surface area contributed by atoms with Crippen LogP contribution >= 0.6 is 60.4 Å². The van der Waals surface area contributed by atoms with Crippen molar-refractivity contribution in [1.29, 1.82) is 0 Å². The predicted molar refractivity (Wildman–Crippen MR) is 133 cm³/mol. The fourth-order valence-electron chi connectivity index (χ4n) is 2.57. The molecule has 18 heteroatoms. The minimum Gasteiger partial charge on any atom is -0.427 e. The van der Waals surface area contributed by atoms with Gasteiger partial charge in [-0.1, -0.05) is 29.3 Å². The molecule has 0 aliphatic heterocycles. The third-order valence-corrected chi connectivity index (χ3v) is 4.95. The molecular formula is C19H11Cl2F9I2N2O3. The first-order chi connectivity index (χ1) is 16.9. The van der Waals surface area contributed by atoms with E-state index in [9.17, 15) is 49.1 Å². The van der Waals surface area contributed by atoms with Gasteiger partial charge in [0.05, 0.1) is 10.7 Å². The van der Waals surface area contributed by atoms with Gasteiger partial charge in [-0.25, -0.2) is 22.4 Å². The molecule has 0 aliphatic carbocycles. The highest BCUT2D eigenvalue weighted by Gasteiger charge is 2.59. The second kappa shape index (κ2) is 13.1. The highest BCUT2D eigenvalue weighted by atomic mass is 128. The number of alkyl halides is 6. The lowest BCUT2D eigenvalue weighted by atomic mass is 10.1. The highest BCUT2D eigenvalue weighted by molar-refractivity contribution is 15.0. The number of halogens is 13. The van der Waals surface area contributed by atoms with Crippen molar-refractivity contribution in [3.63, 3.8) is 0 Å². The molecule has 1 unspecified atom stereocenters. The van der Waals surface area contributed by atoms with E-state index in [0.29, 0.717) is 11.0 Å². The third-order valence-electron chi connectivity index (χ3n) is 4.33. The van der Waals surface area contributed by atoms with Gasteiger partial charge in [0.25, 0.3) is 12.1 Å². The lowest BCUT2D eigenvalue weighted by Gasteiger charge is -2.27. The quantitative estimate of drug-likeness (QED) is 0.173. The standard InChI is InChI=1S/C19H11Cl2F9N2O3.I2/c1-31(17(34)32(2)15(33)11-8(22)4-3-5-9(11)23)10-6-7(20)14(12(21)13(10)24)35-19(29,30)16(25)18(26,27)28;1-2/h3-6,16H,1-2H3;. The molecule has 5 nitrogen and oxygen atoms in total. The van der Waals surface area contributed by atoms with Gasteiger partial charge in [-0.3, -0.25) is 14.6 Å². The van der Waals surface area contributed by atoms with Crippen molar-refractivity contribution in [2.45, 2.75) is 18.5 Å². The van der Waals surface area contributed by atoms with Crippen LogP contribution in [0.3, 0.4) is 0 Å². The van der Waals surface area contributed by atoms with Gasteiger partial charge in [0.15, 0.2) is 11.6 Å². The number of carbonyl (C=O) groups excluding carboxylic acids is 2. The Labute approximate surface area is 236 Å². The lowest BCUT2D eigenvalue weighted by molar-refractivity contribution is -0.304. The molecule has 0 aliphatic rings. The summed E-state index contributed by atoms with van der Waals surface area (Å²) in [6.07, 6.45) is -16.5. The third kappa shape index (κ3) is 7.59. The molecule has 0 spiro atoms. The Kier molecular flexibility index (Phi) is 11.9. The number of imide groups is 1. The van der Waals surface area contributed by atoms with E-state index in [2.05, 4.69) is 42.0 Å². The van der Waals surface area contributed by atoms with Crippen LogP contribution in [0.4, 0.5) is 50.0 Å². The van der Waals surface area contributed by atoms with Crippen LogP contribution in [-0.2, 0) is 0 Å². The van der Waals surface area contributed by atoms with Crippen molar-refractivity contribution in [2.24, 2.45) is 0 Å². The minimum absolute atomic E-state index is 0.165. The second-order valence-electron chi connectivity index (χ2n) is 6.71. The summed E-state index contributed by atoms with van der Waals surface area (Å²) in [5.74, 6) is -7.46. The van der Waals surface area contributed by atoms with Gasteiger partial charge in [-0.2, -0.15) is 22.0 Å². The van der Waals surface area contributed by atoms with Crippen molar-refractivity contribution in [3.05, 3.63) is 57.3 Å². The average Bonchev–Trinajstić information content (AvgIpc) is 2.82. The predicted octanol–water partition coefficient (Wildman–Crippen LogP) is 8.38. The molecule has 0 bridgehead atoms. The number of carbonyl (C=O) groups is 2. The number of anilines is 1. The first-order valence-corrected chi connectivity index (χ1v) is 16.0. The zero-order chi connectivity index (χ0) is 29.0. The summed E-state index contributed by atoms with van der Waals surface area (Å²) >= 11 is 15.4. The van der Waals surface area contributed by atoms with Crippen LogP contribution in [0.15, 0.2) is 24.3 Å². The van der Waals surface area contributed by atoms with E-state index >= 15 is 0 Å². The first kappa shape index (κ1) is 33.6.